The third-order valence-corrected chi connectivity index (χ3v) is 6.70. The first-order chi connectivity index (χ1) is 14.5. The normalized spacial score (nSPS) is 20.4. The van der Waals surface area contributed by atoms with Crippen LogP contribution in [0.5, 0.6) is 5.75 Å². The molecule has 2 heterocycles. The molecular weight excluding hydrogens is 445 g/mol. The van der Waals surface area contributed by atoms with Crippen LogP contribution in [0.1, 0.15) is 12.8 Å². The molecule has 1 atom stereocenters. The molecule has 1 aromatic rings. The fraction of sp³-hybridized carbons (Fsp3) is 0.471. The van der Waals surface area contributed by atoms with Gasteiger partial charge in [-0.05, 0) is 30.7 Å². The first kappa shape index (κ1) is 22.8. The van der Waals surface area contributed by atoms with E-state index in [0.29, 0.717) is 0 Å². The zero-order valence-electron chi connectivity index (χ0n) is 16.0. The smallest absolute Gasteiger partial charge is 0.406 e. The van der Waals surface area contributed by atoms with Crippen LogP contribution < -0.4 is 15.4 Å². The lowest BCUT2D eigenvalue weighted by Gasteiger charge is -2.34. The summed E-state index contributed by atoms with van der Waals surface area (Å²) in [5.41, 5.74) is 0. The molecule has 31 heavy (non-hydrogen) atoms. The van der Waals surface area contributed by atoms with Crippen LogP contribution in [0, 0.1) is 0 Å². The molecule has 0 saturated carbocycles. The monoisotopic (exact) mass is 464 g/mol. The third-order valence-electron chi connectivity index (χ3n) is 4.79. The van der Waals surface area contributed by atoms with E-state index >= 15 is 0 Å². The number of alkyl halides is 3. The molecule has 4 amide bonds. The van der Waals surface area contributed by atoms with Gasteiger partial charge in [0.05, 0.1) is 4.90 Å². The van der Waals surface area contributed by atoms with E-state index in [2.05, 4.69) is 15.4 Å². The van der Waals surface area contributed by atoms with E-state index < -0.39 is 40.1 Å². The average molecular weight is 464 g/mol. The molecule has 2 fully saturated rings. The minimum Gasteiger partial charge on any atom is -0.406 e. The Morgan fingerprint density at radius 3 is 2.23 bits per heavy atom. The lowest BCUT2D eigenvalue weighted by molar-refractivity contribution is -0.274. The van der Waals surface area contributed by atoms with E-state index in [9.17, 15) is 36.0 Å². The van der Waals surface area contributed by atoms with Gasteiger partial charge in [0.25, 0.3) is 5.91 Å². The topological polar surface area (TPSA) is 125 Å². The molecule has 170 valence electrons. The molecule has 0 aromatic heterocycles. The first-order valence-corrected chi connectivity index (χ1v) is 10.6. The lowest BCUT2D eigenvalue weighted by Crippen LogP contribution is -2.50. The second-order valence-corrected chi connectivity index (χ2v) is 8.80. The summed E-state index contributed by atoms with van der Waals surface area (Å²) in [7, 11) is -3.95. The number of hydrogen-bond donors (Lipinski definition) is 2. The highest BCUT2D eigenvalue weighted by atomic mass is 32.2. The Morgan fingerprint density at radius 2 is 1.71 bits per heavy atom. The van der Waals surface area contributed by atoms with Gasteiger partial charge in [-0.2, -0.15) is 4.31 Å². The zero-order chi connectivity index (χ0) is 22.8. The number of rotatable bonds is 6. The van der Waals surface area contributed by atoms with Crippen molar-refractivity contribution in [3.8, 4) is 5.75 Å². The predicted octanol–water partition coefficient (Wildman–Crippen LogP) is 0.406. The number of carbonyl (C=O) groups excluding carboxylic acids is 3. The summed E-state index contributed by atoms with van der Waals surface area (Å²) in [4.78, 5) is 36.2. The largest absolute Gasteiger partial charge is 0.573 e. The second kappa shape index (κ2) is 8.70. The van der Waals surface area contributed by atoms with E-state index in [0.717, 1.165) is 28.6 Å². The molecule has 14 heteroatoms. The summed E-state index contributed by atoms with van der Waals surface area (Å²) in [6, 6.07) is 2.49. The number of urea groups is 1. The molecule has 2 saturated heterocycles. The molecule has 10 nitrogen and oxygen atoms in total. The third kappa shape index (κ3) is 5.64. The Morgan fingerprint density at radius 1 is 1.10 bits per heavy atom. The molecule has 3 rings (SSSR count). The van der Waals surface area contributed by atoms with Crippen molar-refractivity contribution in [1.82, 2.24) is 19.8 Å². The Balaban J connectivity index is 1.52. The number of amides is 4. The highest BCUT2D eigenvalue weighted by molar-refractivity contribution is 7.89. The van der Waals surface area contributed by atoms with Crippen LogP contribution in [0.3, 0.4) is 0 Å². The number of carbonyl (C=O) groups is 3. The summed E-state index contributed by atoms with van der Waals surface area (Å²) in [5, 5.41) is 4.47. The van der Waals surface area contributed by atoms with Gasteiger partial charge >= 0.3 is 12.4 Å². The highest BCUT2D eigenvalue weighted by Crippen LogP contribution is 2.25. The minimum atomic E-state index is -4.88. The fourth-order valence-corrected chi connectivity index (χ4v) is 4.65. The number of benzene rings is 1. The van der Waals surface area contributed by atoms with E-state index in [1.165, 1.54) is 4.90 Å². The zero-order valence-corrected chi connectivity index (χ0v) is 16.8. The van der Waals surface area contributed by atoms with Crippen molar-refractivity contribution in [2.75, 3.05) is 26.2 Å². The summed E-state index contributed by atoms with van der Waals surface area (Å²) in [6.07, 6.45) is -4.75. The summed E-state index contributed by atoms with van der Waals surface area (Å²) in [5.74, 6) is -1.31. The Bertz CT molecular complexity index is 959. The molecule has 0 aliphatic carbocycles. The van der Waals surface area contributed by atoms with Gasteiger partial charge in [-0.25, -0.2) is 13.2 Å². The van der Waals surface area contributed by atoms with Crippen LogP contribution in [0.4, 0.5) is 18.0 Å². The number of ether oxygens (including phenoxy) is 1. The van der Waals surface area contributed by atoms with Crippen LogP contribution in [0.15, 0.2) is 29.2 Å². The first-order valence-electron chi connectivity index (χ1n) is 9.21. The highest BCUT2D eigenvalue weighted by Gasteiger charge is 2.34. The van der Waals surface area contributed by atoms with E-state index in [1.807, 2.05) is 0 Å². The minimum absolute atomic E-state index is 0.00574. The summed E-state index contributed by atoms with van der Waals surface area (Å²) >= 11 is 0. The number of nitrogens with zero attached hydrogens (tertiary/aromatic N) is 2. The van der Waals surface area contributed by atoms with Gasteiger partial charge < -0.3 is 15.0 Å². The van der Waals surface area contributed by atoms with Crippen molar-refractivity contribution in [2.24, 2.45) is 0 Å². The predicted molar refractivity (Wildman–Crippen MR) is 98.2 cm³/mol. The number of nitrogens with one attached hydrogen (secondary N) is 2. The van der Waals surface area contributed by atoms with Gasteiger partial charge in [0.15, 0.2) is 0 Å². The molecular formula is C17H19F3N4O6S. The van der Waals surface area contributed by atoms with Gasteiger partial charge in [-0.15, -0.1) is 13.2 Å². The molecule has 1 aromatic carbocycles. The Hall–Kier alpha value is -2.87. The summed E-state index contributed by atoms with van der Waals surface area (Å²) in [6.45, 7) is 0.262. The van der Waals surface area contributed by atoms with E-state index in [1.54, 1.807) is 0 Å². The molecule has 2 aliphatic rings. The van der Waals surface area contributed by atoms with Crippen LogP contribution in [-0.2, 0) is 19.6 Å². The van der Waals surface area contributed by atoms with Gasteiger partial charge in [-0.3, -0.25) is 14.9 Å². The number of hydrogen-bond acceptors (Lipinski definition) is 6. The van der Waals surface area contributed by atoms with Crippen molar-refractivity contribution in [3.63, 3.8) is 0 Å². The van der Waals surface area contributed by atoms with Crippen molar-refractivity contribution in [3.05, 3.63) is 24.3 Å². The van der Waals surface area contributed by atoms with Crippen LogP contribution in [-0.4, -0.2) is 74.1 Å². The van der Waals surface area contributed by atoms with Crippen molar-refractivity contribution in [1.29, 1.82) is 0 Å². The maximum atomic E-state index is 12.7. The van der Waals surface area contributed by atoms with Crippen molar-refractivity contribution in [2.45, 2.75) is 30.1 Å². The number of piperazine rings is 1. The van der Waals surface area contributed by atoms with Crippen molar-refractivity contribution >= 4 is 27.9 Å². The fourth-order valence-electron chi connectivity index (χ4n) is 3.23. The molecule has 2 N–H and O–H groups in total. The van der Waals surface area contributed by atoms with Gasteiger partial charge in [0, 0.05) is 32.6 Å². The number of imide groups is 1. The molecule has 0 bridgehead atoms. The number of sulfonamides is 1. The molecule has 0 spiro atoms. The molecule has 0 radical (unpaired) electrons. The van der Waals surface area contributed by atoms with E-state index in [-0.39, 0.29) is 49.8 Å². The van der Waals surface area contributed by atoms with Gasteiger partial charge in [0.2, 0.25) is 15.9 Å². The molecule has 0 unspecified atom stereocenters. The van der Waals surface area contributed by atoms with Crippen LogP contribution in [0.2, 0.25) is 0 Å². The standard InChI is InChI=1S/C17H19F3N4O6S/c18-17(19,20)30-11-1-3-12(4-2-11)31(28,29)24-9-7-23(8-10-24)14(25)6-5-13-15(26)22-16(27)21-13/h1-4,13H,5-10H2,(H2,21,22,26,27)/t13-/m0/s1. The average Bonchev–Trinajstić information content (AvgIpc) is 3.02. The van der Waals surface area contributed by atoms with E-state index in [4.69, 9.17) is 0 Å². The van der Waals surface area contributed by atoms with Gasteiger partial charge in [-0.1, -0.05) is 0 Å². The lowest BCUT2D eigenvalue weighted by atomic mass is 10.1. The quantitative estimate of drug-likeness (QED) is 0.588. The second-order valence-electron chi connectivity index (χ2n) is 6.86. The van der Waals surface area contributed by atoms with Crippen molar-refractivity contribution < 1.29 is 40.7 Å². The Labute approximate surface area is 175 Å². The SMILES string of the molecule is O=C1NC(=O)[C@H](CCC(=O)N2CCN(S(=O)(=O)c3ccc(OC(F)(F)F)cc3)CC2)N1. The number of halogens is 3. The Kier molecular flexibility index (Phi) is 6.40. The molecule has 2 aliphatic heterocycles. The maximum absolute atomic E-state index is 12.7. The van der Waals surface area contributed by atoms with Gasteiger partial charge in [0.1, 0.15) is 11.8 Å². The maximum Gasteiger partial charge on any atom is 0.573 e. The van der Waals surface area contributed by atoms with Crippen LogP contribution in [0.25, 0.3) is 0 Å². The summed E-state index contributed by atoms with van der Waals surface area (Å²) < 4.78 is 67.0. The van der Waals surface area contributed by atoms with Crippen LogP contribution >= 0.6 is 0 Å².